The maximum Gasteiger partial charge on any atom is 0.242 e. The molecule has 1 heterocycles. The number of rotatable bonds is 4. The molecular formula is C12H13ClN2O3S. The van der Waals surface area contributed by atoms with Crippen molar-refractivity contribution in [3.05, 3.63) is 28.8 Å². The monoisotopic (exact) mass is 300 g/mol. The van der Waals surface area contributed by atoms with Crippen LogP contribution in [0, 0.1) is 17.2 Å². The molecule has 1 fully saturated rings. The zero-order valence-corrected chi connectivity index (χ0v) is 11.7. The second kappa shape index (κ2) is 5.88. The predicted octanol–water partition coefficient (Wildman–Crippen LogP) is 1.53. The molecule has 0 spiro atoms. The number of ether oxygens (including phenoxy) is 1. The lowest BCUT2D eigenvalue weighted by molar-refractivity contribution is 0.186. The van der Waals surface area contributed by atoms with Gasteiger partial charge in [0.2, 0.25) is 10.0 Å². The minimum absolute atomic E-state index is 0.00733. The fourth-order valence-electron chi connectivity index (χ4n) is 1.84. The highest BCUT2D eigenvalue weighted by Gasteiger charge is 2.22. The summed E-state index contributed by atoms with van der Waals surface area (Å²) < 4.78 is 31.9. The standard InChI is InChI=1S/C12H13ClN2O3S/c13-11-5-9(6-14)1-2-12(11)19(16,17)15-7-10-3-4-18-8-10/h1-2,5,10,15H,3-4,7-8H2. The van der Waals surface area contributed by atoms with Crippen LogP contribution in [0.4, 0.5) is 0 Å². The van der Waals surface area contributed by atoms with Gasteiger partial charge in [-0.15, -0.1) is 0 Å². The third-order valence-electron chi connectivity index (χ3n) is 2.94. The highest BCUT2D eigenvalue weighted by Crippen LogP contribution is 2.22. The second-order valence-electron chi connectivity index (χ2n) is 4.34. The van der Waals surface area contributed by atoms with E-state index in [1.54, 1.807) is 0 Å². The third kappa shape index (κ3) is 3.45. The number of nitrogens with zero attached hydrogens (tertiary/aromatic N) is 1. The van der Waals surface area contributed by atoms with Crippen LogP contribution in [-0.2, 0) is 14.8 Å². The largest absolute Gasteiger partial charge is 0.381 e. The van der Waals surface area contributed by atoms with Crippen LogP contribution < -0.4 is 4.72 Å². The molecule has 102 valence electrons. The first-order valence-electron chi connectivity index (χ1n) is 5.80. The highest BCUT2D eigenvalue weighted by molar-refractivity contribution is 7.89. The van der Waals surface area contributed by atoms with Gasteiger partial charge < -0.3 is 4.74 Å². The number of nitriles is 1. The van der Waals surface area contributed by atoms with Crippen molar-refractivity contribution in [1.82, 2.24) is 4.72 Å². The van der Waals surface area contributed by atoms with Gasteiger partial charge in [0, 0.05) is 13.2 Å². The van der Waals surface area contributed by atoms with Gasteiger partial charge >= 0.3 is 0 Å². The fraction of sp³-hybridized carbons (Fsp3) is 0.417. The van der Waals surface area contributed by atoms with Crippen LogP contribution in [0.3, 0.4) is 0 Å². The van der Waals surface area contributed by atoms with Gasteiger partial charge in [0.15, 0.2) is 0 Å². The number of halogens is 1. The number of sulfonamides is 1. The van der Waals surface area contributed by atoms with Crippen molar-refractivity contribution in [1.29, 1.82) is 5.26 Å². The molecule has 0 aromatic heterocycles. The number of hydrogen-bond acceptors (Lipinski definition) is 4. The molecule has 1 unspecified atom stereocenters. The third-order valence-corrected chi connectivity index (χ3v) is 4.84. The Kier molecular flexibility index (Phi) is 4.42. The fourth-order valence-corrected chi connectivity index (χ4v) is 3.50. The average Bonchev–Trinajstić information content (AvgIpc) is 2.89. The highest BCUT2D eigenvalue weighted by atomic mass is 35.5. The molecule has 1 saturated heterocycles. The van der Waals surface area contributed by atoms with E-state index in [1.165, 1.54) is 18.2 Å². The molecule has 0 bridgehead atoms. The lowest BCUT2D eigenvalue weighted by Crippen LogP contribution is -2.29. The van der Waals surface area contributed by atoms with Gasteiger partial charge in [0.25, 0.3) is 0 Å². The molecule has 7 heteroatoms. The molecule has 0 saturated carbocycles. The molecule has 1 aromatic carbocycles. The maximum absolute atomic E-state index is 12.1. The second-order valence-corrected chi connectivity index (χ2v) is 6.48. The molecule has 19 heavy (non-hydrogen) atoms. The summed E-state index contributed by atoms with van der Waals surface area (Å²) in [5.41, 5.74) is 0.327. The lowest BCUT2D eigenvalue weighted by Gasteiger charge is -2.11. The molecular weight excluding hydrogens is 288 g/mol. The van der Waals surface area contributed by atoms with E-state index in [-0.39, 0.29) is 15.8 Å². The Morgan fingerprint density at radius 2 is 2.32 bits per heavy atom. The minimum Gasteiger partial charge on any atom is -0.381 e. The average molecular weight is 301 g/mol. The Hall–Kier alpha value is -1.13. The van der Waals surface area contributed by atoms with Crippen molar-refractivity contribution in [2.75, 3.05) is 19.8 Å². The Morgan fingerprint density at radius 1 is 1.53 bits per heavy atom. The summed E-state index contributed by atoms with van der Waals surface area (Å²) >= 11 is 5.89. The first kappa shape index (κ1) is 14.3. The van der Waals surface area contributed by atoms with Gasteiger partial charge in [0.1, 0.15) is 4.90 Å². The Labute approximate surface area is 117 Å². The maximum atomic E-state index is 12.1. The number of benzene rings is 1. The SMILES string of the molecule is N#Cc1ccc(S(=O)(=O)NCC2CCOC2)c(Cl)c1. The minimum atomic E-state index is -3.65. The van der Waals surface area contributed by atoms with E-state index in [1.807, 2.05) is 6.07 Å². The summed E-state index contributed by atoms with van der Waals surface area (Å²) in [5.74, 6) is 0.201. The molecule has 0 amide bonds. The Balaban J connectivity index is 2.12. The molecule has 1 aromatic rings. The van der Waals surface area contributed by atoms with Crippen molar-refractivity contribution >= 4 is 21.6 Å². The summed E-state index contributed by atoms with van der Waals surface area (Å²) in [6, 6.07) is 6.02. The topological polar surface area (TPSA) is 79.2 Å². The van der Waals surface area contributed by atoms with E-state index < -0.39 is 10.0 Å². The van der Waals surface area contributed by atoms with E-state index in [0.717, 1.165) is 6.42 Å². The van der Waals surface area contributed by atoms with Crippen LogP contribution in [0.1, 0.15) is 12.0 Å². The summed E-state index contributed by atoms with van der Waals surface area (Å²) in [5, 5.41) is 8.77. The van der Waals surface area contributed by atoms with Crippen LogP contribution in [0.25, 0.3) is 0 Å². The van der Waals surface area contributed by atoms with E-state index in [4.69, 9.17) is 21.6 Å². The van der Waals surface area contributed by atoms with Crippen molar-refractivity contribution < 1.29 is 13.2 Å². The molecule has 5 nitrogen and oxygen atoms in total. The molecule has 1 aliphatic rings. The van der Waals surface area contributed by atoms with Gasteiger partial charge in [0.05, 0.1) is 23.3 Å². The van der Waals surface area contributed by atoms with Crippen molar-refractivity contribution in [3.8, 4) is 6.07 Å². The van der Waals surface area contributed by atoms with Gasteiger partial charge in [-0.3, -0.25) is 0 Å². The van der Waals surface area contributed by atoms with Crippen LogP contribution in [0.5, 0.6) is 0 Å². The lowest BCUT2D eigenvalue weighted by atomic mass is 10.1. The van der Waals surface area contributed by atoms with Crippen molar-refractivity contribution in [3.63, 3.8) is 0 Å². The van der Waals surface area contributed by atoms with Crippen LogP contribution in [0.2, 0.25) is 5.02 Å². The van der Waals surface area contributed by atoms with E-state index >= 15 is 0 Å². The first-order chi connectivity index (χ1) is 9.03. The summed E-state index contributed by atoms with van der Waals surface area (Å²) in [7, 11) is -3.65. The number of hydrogen-bond donors (Lipinski definition) is 1. The van der Waals surface area contributed by atoms with E-state index in [9.17, 15) is 8.42 Å². The Bertz CT molecular complexity index is 604. The quantitative estimate of drug-likeness (QED) is 0.914. The normalized spacial score (nSPS) is 19.3. The van der Waals surface area contributed by atoms with Gasteiger partial charge in [-0.25, -0.2) is 13.1 Å². The Morgan fingerprint density at radius 3 is 2.89 bits per heavy atom. The molecule has 1 aliphatic heterocycles. The molecule has 2 rings (SSSR count). The summed E-state index contributed by atoms with van der Waals surface area (Å²) in [6.45, 7) is 1.58. The van der Waals surface area contributed by atoms with Gasteiger partial charge in [-0.2, -0.15) is 5.26 Å². The molecule has 0 aliphatic carbocycles. The summed E-state index contributed by atoms with van der Waals surface area (Å²) in [6.07, 6.45) is 0.851. The van der Waals surface area contributed by atoms with Crippen LogP contribution >= 0.6 is 11.6 Å². The van der Waals surface area contributed by atoms with E-state index in [2.05, 4.69) is 4.72 Å². The van der Waals surface area contributed by atoms with E-state index in [0.29, 0.717) is 25.3 Å². The number of nitrogens with one attached hydrogen (secondary N) is 1. The molecule has 1 N–H and O–H groups in total. The predicted molar refractivity (Wildman–Crippen MR) is 70.3 cm³/mol. The zero-order valence-electron chi connectivity index (χ0n) is 10.1. The summed E-state index contributed by atoms with van der Waals surface area (Å²) in [4.78, 5) is -0.00733. The first-order valence-corrected chi connectivity index (χ1v) is 7.66. The van der Waals surface area contributed by atoms with Crippen molar-refractivity contribution in [2.24, 2.45) is 5.92 Å². The smallest absolute Gasteiger partial charge is 0.242 e. The van der Waals surface area contributed by atoms with Gasteiger partial charge in [-0.05, 0) is 30.5 Å². The molecule has 0 radical (unpaired) electrons. The van der Waals surface area contributed by atoms with Gasteiger partial charge in [-0.1, -0.05) is 11.6 Å². The zero-order chi connectivity index (χ0) is 13.9. The van der Waals surface area contributed by atoms with Crippen LogP contribution in [-0.4, -0.2) is 28.2 Å². The van der Waals surface area contributed by atoms with Crippen LogP contribution in [0.15, 0.2) is 23.1 Å². The molecule has 1 atom stereocenters. The van der Waals surface area contributed by atoms with Crippen molar-refractivity contribution in [2.45, 2.75) is 11.3 Å².